The molecule has 1 unspecified atom stereocenters. The Labute approximate surface area is 98.4 Å². The first-order chi connectivity index (χ1) is 7.77. The highest BCUT2D eigenvalue weighted by molar-refractivity contribution is 7.09. The van der Waals surface area contributed by atoms with Gasteiger partial charge >= 0.3 is 5.97 Å². The largest absolute Gasteiger partial charge is 0.480 e. The molecule has 1 aromatic rings. The third-order valence-corrected chi connectivity index (χ3v) is 3.64. The molecule has 0 aromatic carbocycles. The normalized spacial score (nSPS) is 19.5. The maximum Gasteiger partial charge on any atom is 0.321 e. The molecule has 1 aliphatic heterocycles. The van der Waals surface area contributed by atoms with Gasteiger partial charge in [0.1, 0.15) is 6.04 Å². The third kappa shape index (κ3) is 2.81. The van der Waals surface area contributed by atoms with E-state index in [2.05, 4.69) is 0 Å². The van der Waals surface area contributed by atoms with Crippen LogP contribution in [-0.4, -0.2) is 48.3 Å². The number of carbonyl (C=O) groups is 1. The van der Waals surface area contributed by atoms with Crippen molar-refractivity contribution in [3.05, 3.63) is 22.4 Å². The van der Waals surface area contributed by atoms with Crippen LogP contribution in [0.15, 0.2) is 17.5 Å². The molecule has 0 saturated carbocycles. The number of thiophene rings is 1. The maximum atomic E-state index is 11.2. The summed E-state index contributed by atoms with van der Waals surface area (Å²) in [6.45, 7) is 2.69. The van der Waals surface area contributed by atoms with Crippen molar-refractivity contribution >= 4 is 17.3 Å². The summed E-state index contributed by atoms with van der Waals surface area (Å²) in [4.78, 5) is 14.4. The molecule has 0 amide bonds. The average Bonchev–Trinajstić information content (AvgIpc) is 2.79. The highest BCUT2D eigenvalue weighted by atomic mass is 32.1. The van der Waals surface area contributed by atoms with Crippen LogP contribution in [0.2, 0.25) is 0 Å². The molecule has 1 aliphatic rings. The summed E-state index contributed by atoms with van der Waals surface area (Å²) in [5.74, 6) is -0.740. The minimum Gasteiger partial charge on any atom is -0.480 e. The van der Waals surface area contributed by atoms with E-state index in [1.54, 1.807) is 11.3 Å². The second-order valence-electron chi connectivity index (χ2n) is 3.79. The number of nitrogens with zero attached hydrogens (tertiary/aromatic N) is 1. The summed E-state index contributed by atoms with van der Waals surface area (Å²) in [6, 6.07) is 3.53. The summed E-state index contributed by atoms with van der Waals surface area (Å²) in [6.07, 6.45) is 0.590. The van der Waals surface area contributed by atoms with Gasteiger partial charge in [-0.15, -0.1) is 11.3 Å². The first kappa shape index (κ1) is 11.6. The fourth-order valence-electron chi connectivity index (χ4n) is 1.88. The van der Waals surface area contributed by atoms with E-state index in [-0.39, 0.29) is 0 Å². The molecule has 4 nitrogen and oxygen atoms in total. The molecule has 1 aromatic heterocycles. The van der Waals surface area contributed by atoms with Crippen molar-refractivity contribution < 1.29 is 14.6 Å². The second-order valence-corrected chi connectivity index (χ2v) is 4.82. The lowest BCUT2D eigenvalue weighted by Gasteiger charge is -2.31. The number of ether oxygens (including phenoxy) is 1. The Morgan fingerprint density at radius 2 is 2.31 bits per heavy atom. The van der Waals surface area contributed by atoms with E-state index in [9.17, 15) is 9.90 Å². The predicted molar refractivity (Wildman–Crippen MR) is 61.8 cm³/mol. The quantitative estimate of drug-likeness (QED) is 0.857. The Bertz CT molecular complexity index is 333. The topological polar surface area (TPSA) is 49.8 Å². The monoisotopic (exact) mass is 241 g/mol. The fraction of sp³-hybridized carbons (Fsp3) is 0.545. The molecule has 0 bridgehead atoms. The summed E-state index contributed by atoms with van der Waals surface area (Å²) in [7, 11) is 0. The van der Waals surface area contributed by atoms with Gasteiger partial charge in [-0.3, -0.25) is 9.69 Å². The Balaban J connectivity index is 2.01. The first-order valence-electron chi connectivity index (χ1n) is 5.34. The van der Waals surface area contributed by atoms with Crippen molar-refractivity contribution in [1.29, 1.82) is 0 Å². The van der Waals surface area contributed by atoms with Gasteiger partial charge in [0.05, 0.1) is 13.2 Å². The Morgan fingerprint density at radius 1 is 1.56 bits per heavy atom. The van der Waals surface area contributed by atoms with Crippen molar-refractivity contribution in [2.45, 2.75) is 12.5 Å². The van der Waals surface area contributed by atoms with E-state index in [0.29, 0.717) is 32.7 Å². The lowest BCUT2D eigenvalue weighted by atomic mass is 10.1. The van der Waals surface area contributed by atoms with Gasteiger partial charge in [-0.1, -0.05) is 6.07 Å². The third-order valence-electron chi connectivity index (χ3n) is 2.75. The molecule has 0 spiro atoms. The van der Waals surface area contributed by atoms with Crippen LogP contribution < -0.4 is 0 Å². The van der Waals surface area contributed by atoms with Gasteiger partial charge in [0.15, 0.2) is 0 Å². The zero-order valence-corrected chi connectivity index (χ0v) is 9.78. The zero-order valence-electron chi connectivity index (χ0n) is 8.96. The van der Waals surface area contributed by atoms with E-state index in [4.69, 9.17) is 4.74 Å². The minimum atomic E-state index is -0.740. The van der Waals surface area contributed by atoms with Crippen LogP contribution in [0.1, 0.15) is 4.88 Å². The van der Waals surface area contributed by atoms with Crippen molar-refractivity contribution in [2.75, 3.05) is 26.3 Å². The molecule has 1 saturated heterocycles. The fourth-order valence-corrected chi connectivity index (χ4v) is 2.62. The number of carboxylic acids is 1. The summed E-state index contributed by atoms with van der Waals surface area (Å²) in [5.41, 5.74) is 0. The summed E-state index contributed by atoms with van der Waals surface area (Å²) in [5, 5.41) is 11.2. The van der Waals surface area contributed by atoms with Crippen LogP contribution in [0.3, 0.4) is 0 Å². The lowest BCUT2D eigenvalue weighted by molar-refractivity contribution is -0.145. The molecule has 1 N–H and O–H groups in total. The molecule has 5 heteroatoms. The van der Waals surface area contributed by atoms with Crippen LogP contribution in [-0.2, 0) is 16.0 Å². The number of rotatable bonds is 4. The molecule has 1 fully saturated rings. The lowest BCUT2D eigenvalue weighted by Crippen LogP contribution is -2.48. The number of morpholine rings is 1. The van der Waals surface area contributed by atoms with Gasteiger partial charge in [-0.05, 0) is 11.4 Å². The zero-order chi connectivity index (χ0) is 11.4. The van der Waals surface area contributed by atoms with E-state index in [1.807, 2.05) is 22.4 Å². The van der Waals surface area contributed by atoms with Gasteiger partial charge in [0.25, 0.3) is 0 Å². The van der Waals surface area contributed by atoms with Gasteiger partial charge < -0.3 is 9.84 Å². The first-order valence-corrected chi connectivity index (χ1v) is 6.22. The highest BCUT2D eigenvalue weighted by Crippen LogP contribution is 2.15. The molecule has 0 radical (unpaired) electrons. The summed E-state index contributed by atoms with van der Waals surface area (Å²) >= 11 is 1.61. The smallest absolute Gasteiger partial charge is 0.321 e. The van der Waals surface area contributed by atoms with Gasteiger partial charge in [0, 0.05) is 24.4 Å². The molecule has 2 rings (SSSR count). The van der Waals surface area contributed by atoms with Crippen molar-refractivity contribution in [2.24, 2.45) is 0 Å². The van der Waals surface area contributed by atoms with E-state index in [0.717, 1.165) is 4.88 Å². The molecular formula is C11H15NO3S. The SMILES string of the molecule is O=C(O)C(Cc1cccs1)N1CCOCC1. The van der Waals surface area contributed by atoms with Gasteiger partial charge in [-0.2, -0.15) is 0 Å². The van der Waals surface area contributed by atoms with E-state index in [1.165, 1.54) is 0 Å². The van der Waals surface area contributed by atoms with Crippen LogP contribution in [0.25, 0.3) is 0 Å². The predicted octanol–water partition coefficient (Wildman–Crippen LogP) is 1.08. The van der Waals surface area contributed by atoms with Crippen LogP contribution >= 0.6 is 11.3 Å². The second kappa shape index (κ2) is 5.43. The Morgan fingerprint density at radius 3 is 2.88 bits per heavy atom. The number of hydrogen-bond donors (Lipinski definition) is 1. The van der Waals surface area contributed by atoms with E-state index >= 15 is 0 Å². The average molecular weight is 241 g/mol. The Kier molecular flexibility index (Phi) is 3.93. The molecule has 88 valence electrons. The van der Waals surface area contributed by atoms with Crippen LogP contribution in [0, 0.1) is 0 Å². The van der Waals surface area contributed by atoms with Gasteiger partial charge in [0.2, 0.25) is 0 Å². The Hall–Kier alpha value is -0.910. The maximum absolute atomic E-state index is 11.2. The number of aliphatic carboxylic acids is 1. The minimum absolute atomic E-state index is 0.414. The van der Waals surface area contributed by atoms with Crippen LogP contribution in [0.4, 0.5) is 0 Å². The molecule has 0 aliphatic carbocycles. The van der Waals surface area contributed by atoms with Crippen molar-refractivity contribution in [3.63, 3.8) is 0 Å². The highest BCUT2D eigenvalue weighted by Gasteiger charge is 2.27. The number of hydrogen-bond acceptors (Lipinski definition) is 4. The van der Waals surface area contributed by atoms with Crippen molar-refractivity contribution in [1.82, 2.24) is 4.90 Å². The molecule has 16 heavy (non-hydrogen) atoms. The molecule has 2 heterocycles. The molecule has 1 atom stereocenters. The van der Waals surface area contributed by atoms with Gasteiger partial charge in [-0.25, -0.2) is 0 Å². The standard InChI is InChI=1S/C11H15NO3S/c13-11(14)10(8-9-2-1-7-16-9)12-3-5-15-6-4-12/h1-2,7,10H,3-6,8H2,(H,13,14). The van der Waals surface area contributed by atoms with Crippen molar-refractivity contribution in [3.8, 4) is 0 Å². The number of carboxylic acid groups (broad SMARTS) is 1. The summed E-state index contributed by atoms with van der Waals surface area (Å²) < 4.78 is 5.23. The van der Waals surface area contributed by atoms with Crippen LogP contribution in [0.5, 0.6) is 0 Å². The van der Waals surface area contributed by atoms with E-state index < -0.39 is 12.0 Å². The molecular weight excluding hydrogens is 226 g/mol.